The molecule has 0 fully saturated rings. The van der Waals surface area contributed by atoms with E-state index in [9.17, 15) is 9.59 Å². The summed E-state index contributed by atoms with van der Waals surface area (Å²) in [7, 11) is 1.55. The monoisotopic (exact) mass is 356 g/mol. The van der Waals surface area contributed by atoms with E-state index in [0.29, 0.717) is 30.2 Å². The van der Waals surface area contributed by atoms with Crippen LogP contribution in [0.4, 0.5) is 0 Å². The molecule has 0 saturated carbocycles. The highest BCUT2D eigenvalue weighted by Crippen LogP contribution is 2.28. The van der Waals surface area contributed by atoms with Crippen molar-refractivity contribution < 1.29 is 19.1 Å². The Morgan fingerprint density at radius 2 is 1.81 bits per heavy atom. The van der Waals surface area contributed by atoms with E-state index < -0.39 is 5.91 Å². The highest BCUT2D eigenvalue weighted by molar-refractivity contribution is 5.95. The standard InChI is InChI=1S/C20H24N2O4/c1-3-26-18-13-16(9-10-17(18)25-2)20(24)22(12-11-19(21)23)14-15-7-5-4-6-8-15/h4-10,13H,3,11-12,14H2,1-2H3,(H2,21,23). The zero-order valence-electron chi connectivity index (χ0n) is 15.1. The molecule has 0 heterocycles. The number of nitrogens with two attached hydrogens (primary N) is 1. The van der Waals surface area contributed by atoms with Crippen LogP contribution in [0, 0.1) is 0 Å². The van der Waals surface area contributed by atoms with Crippen molar-refractivity contribution in [3.63, 3.8) is 0 Å². The number of hydrogen-bond acceptors (Lipinski definition) is 4. The first kappa shape index (κ1) is 19.3. The zero-order chi connectivity index (χ0) is 18.9. The first-order chi connectivity index (χ1) is 12.5. The molecule has 0 aliphatic carbocycles. The van der Waals surface area contributed by atoms with Crippen LogP contribution in [-0.4, -0.2) is 37.0 Å². The number of benzene rings is 2. The van der Waals surface area contributed by atoms with Gasteiger partial charge in [-0.15, -0.1) is 0 Å². The normalized spacial score (nSPS) is 10.2. The molecule has 2 aromatic rings. The summed E-state index contributed by atoms with van der Waals surface area (Å²) in [5, 5.41) is 0. The van der Waals surface area contributed by atoms with Crippen LogP contribution in [-0.2, 0) is 11.3 Å². The molecule has 2 amide bonds. The largest absolute Gasteiger partial charge is 0.493 e. The minimum absolute atomic E-state index is 0.104. The molecule has 0 radical (unpaired) electrons. The number of nitrogens with zero attached hydrogens (tertiary/aromatic N) is 1. The Kier molecular flexibility index (Phi) is 7.02. The molecular weight excluding hydrogens is 332 g/mol. The van der Waals surface area contributed by atoms with Crippen molar-refractivity contribution in [2.75, 3.05) is 20.3 Å². The van der Waals surface area contributed by atoms with Crippen LogP contribution >= 0.6 is 0 Å². The smallest absolute Gasteiger partial charge is 0.254 e. The van der Waals surface area contributed by atoms with E-state index in [2.05, 4.69) is 0 Å². The number of hydrogen-bond donors (Lipinski definition) is 1. The summed E-state index contributed by atoms with van der Waals surface area (Å²) >= 11 is 0. The van der Waals surface area contributed by atoms with Gasteiger partial charge in [0.25, 0.3) is 5.91 Å². The van der Waals surface area contributed by atoms with Crippen molar-refractivity contribution in [3.8, 4) is 11.5 Å². The third-order valence-corrected chi connectivity index (χ3v) is 3.84. The molecular formula is C20H24N2O4. The Balaban J connectivity index is 2.26. The van der Waals surface area contributed by atoms with Crippen LogP contribution in [0.2, 0.25) is 0 Å². The Hall–Kier alpha value is -3.02. The Morgan fingerprint density at radius 3 is 2.42 bits per heavy atom. The van der Waals surface area contributed by atoms with Crippen molar-refractivity contribution in [3.05, 3.63) is 59.7 Å². The van der Waals surface area contributed by atoms with Gasteiger partial charge in [0.1, 0.15) is 0 Å². The topological polar surface area (TPSA) is 81.9 Å². The molecule has 0 unspecified atom stereocenters. The molecule has 2 rings (SSSR count). The number of amides is 2. The van der Waals surface area contributed by atoms with Crippen molar-refractivity contribution in [1.82, 2.24) is 4.90 Å². The van der Waals surface area contributed by atoms with Crippen LogP contribution in [0.25, 0.3) is 0 Å². The van der Waals surface area contributed by atoms with E-state index in [1.807, 2.05) is 37.3 Å². The number of primary amides is 1. The molecule has 2 N–H and O–H groups in total. The lowest BCUT2D eigenvalue weighted by molar-refractivity contribution is -0.118. The molecule has 0 aromatic heterocycles. The molecule has 6 heteroatoms. The van der Waals surface area contributed by atoms with E-state index in [-0.39, 0.29) is 18.9 Å². The van der Waals surface area contributed by atoms with Gasteiger partial charge in [0.2, 0.25) is 5.91 Å². The minimum Gasteiger partial charge on any atom is -0.493 e. The number of ether oxygens (including phenoxy) is 2. The molecule has 26 heavy (non-hydrogen) atoms. The van der Waals surface area contributed by atoms with Crippen LogP contribution in [0.5, 0.6) is 11.5 Å². The van der Waals surface area contributed by atoms with Gasteiger partial charge in [-0.05, 0) is 30.7 Å². The molecule has 2 aromatic carbocycles. The van der Waals surface area contributed by atoms with Crippen molar-refractivity contribution in [1.29, 1.82) is 0 Å². The van der Waals surface area contributed by atoms with Crippen molar-refractivity contribution in [2.45, 2.75) is 19.9 Å². The zero-order valence-corrected chi connectivity index (χ0v) is 15.1. The maximum Gasteiger partial charge on any atom is 0.254 e. The molecule has 0 bridgehead atoms. The van der Waals surface area contributed by atoms with E-state index in [4.69, 9.17) is 15.2 Å². The Bertz CT molecular complexity index is 747. The molecule has 6 nitrogen and oxygen atoms in total. The van der Waals surface area contributed by atoms with Crippen LogP contribution < -0.4 is 15.2 Å². The van der Waals surface area contributed by atoms with Gasteiger partial charge < -0.3 is 20.1 Å². The molecule has 0 spiro atoms. The Morgan fingerprint density at radius 1 is 1.08 bits per heavy atom. The lowest BCUT2D eigenvalue weighted by Crippen LogP contribution is -2.33. The summed E-state index contributed by atoms with van der Waals surface area (Å²) in [5.41, 5.74) is 6.70. The van der Waals surface area contributed by atoms with Gasteiger partial charge >= 0.3 is 0 Å². The van der Waals surface area contributed by atoms with Gasteiger partial charge in [-0.2, -0.15) is 0 Å². The van der Waals surface area contributed by atoms with E-state index in [1.165, 1.54) is 0 Å². The fourth-order valence-electron chi connectivity index (χ4n) is 2.56. The van der Waals surface area contributed by atoms with Gasteiger partial charge in [-0.3, -0.25) is 9.59 Å². The van der Waals surface area contributed by atoms with Gasteiger partial charge in [-0.25, -0.2) is 0 Å². The van der Waals surface area contributed by atoms with E-state index in [1.54, 1.807) is 30.2 Å². The first-order valence-electron chi connectivity index (χ1n) is 8.47. The highest BCUT2D eigenvalue weighted by Gasteiger charge is 2.19. The predicted octanol–water partition coefficient (Wildman–Crippen LogP) is 2.61. The maximum atomic E-state index is 13.0. The van der Waals surface area contributed by atoms with E-state index in [0.717, 1.165) is 5.56 Å². The molecule has 138 valence electrons. The van der Waals surface area contributed by atoms with Crippen LogP contribution in [0.1, 0.15) is 29.3 Å². The second-order valence-electron chi connectivity index (χ2n) is 5.73. The SMILES string of the molecule is CCOc1cc(C(=O)N(CCC(N)=O)Cc2ccccc2)ccc1OC. The summed E-state index contributed by atoms with van der Waals surface area (Å²) in [5.74, 6) is 0.435. The van der Waals surface area contributed by atoms with Gasteiger partial charge in [0.05, 0.1) is 13.7 Å². The third kappa shape index (κ3) is 5.24. The number of carbonyl (C=O) groups excluding carboxylic acids is 2. The fourth-order valence-corrected chi connectivity index (χ4v) is 2.56. The second kappa shape index (κ2) is 9.46. The maximum absolute atomic E-state index is 13.0. The predicted molar refractivity (Wildman–Crippen MR) is 99.2 cm³/mol. The number of methoxy groups -OCH3 is 1. The van der Waals surface area contributed by atoms with Gasteiger partial charge in [-0.1, -0.05) is 30.3 Å². The summed E-state index contributed by atoms with van der Waals surface area (Å²) in [6, 6.07) is 14.6. The quantitative estimate of drug-likeness (QED) is 0.749. The second-order valence-corrected chi connectivity index (χ2v) is 5.73. The lowest BCUT2D eigenvalue weighted by atomic mass is 10.1. The van der Waals surface area contributed by atoms with Crippen LogP contribution in [0.15, 0.2) is 48.5 Å². The number of rotatable bonds is 9. The lowest BCUT2D eigenvalue weighted by Gasteiger charge is -2.23. The molecule has 0 saturated heterocycles. The van der Waals surface area contributed by atoms with Crippen molar-refractivity contribution >= 4 is 11.8 Å². The average Bonchev–Trinajstić information content (AvgIpc) is 2.65. The molecule has 0 atom stereocenters. The van der Waals surface area contributed by atoms with E-state index >= 15 is 0 Å². The summed E-state index contributed by atoms with van der Waals surface area (Å²) < 4.78 is 10.8. The highest BCUT2D eigenvalue weighted by atomic mass is 16.5. The first-order valence-corrected chi connectivity index (χ1v) is 8.47. The fraction of sp³-hybridized carbons (Fsp3) is 0.300. The summed E-state index contributed by atoms with van der Waals surface area (Å²) in [4.78, 5) is 25.8. The summed E-state index contributed by atoms with van der Waals surface area (Å²) in [6.45, 7) is 2.97. The van der Waals surface area contributed by atoms with Gasteiger partial charge in [0, 0.05) is 25.1 Å². The summed E-state index contributed by atoms with van der Waals surface area (Å²) in [6.07, 6.45) is 0.104. The number of carbonyl (C=O) groups is 2. The van der Waals surface area contributed by atoms with Crippen LogP contribution in [0.3, 0.4) is 0 Å². The minimum atomic E-state index is -0.444. The third-order valence-electron chi connectivity index (χ3n) is 3.84. The molecule has 0 aliphatic heterocycles. The molecule has 0 aliphatic rings. The Labute approximate surface area is 153 Å². The average molecular weight is 356 g/mol. The van der Waals surface area contributed by atoms with Gasteiger partial charge in [0.15, 0.2) is 11.5 Å². The van der Waals surface area contributed by atoms with Crippen molar-refractivity contribution in [2.24, 2.45) is 5.73 Å².